The fourth-order valence-electron chi connectivity index (χ4n) is 5.78. The van der Waals surface area contributed by atoms with E-state index in [1.807, 2.05) is 32.0 Å². The van der Waals surface area contributed by atoms with Gasteiger partial charge in [0.05, 0.1) is 0 Å². The van der Waals surface area contributed by atoms with Crippen molar-refractivity contribution in [3.8, 4) is 5.75 Å². The van der Waals surface area contributed by atoms with Crippen LogP contribution in [0.1, 0.15) is 100 Å². The van der Waals surface area contributed by atoms with Crippen LogP contribution in [0.4, 0.5) is 4.79 Å². The summed E-state index contributed by atoms with van der Waals surface area (Å²) in [6.45, 7) is 9.37. The number of aryl methyl sites for hydroxylation is 2. The number of amides is 3. The van der Waals surface area contributed by atoms with Crippen LogP contribution in [0, 0.1) is 13.8 Å². The molecule has 0 heterocycles. The number of ether oxygens (including phenoxy) is 1. The predicted molar refractivity (Wildman–Crippen MR) is 163 cm³/mol. The zero-order valence-electron chi connectivity index (χ0n) is 25.7. The lowest BCUT2D eigenvalue weighted by atomic mass is 9.87. The van der Waals surface area contributed by atoms with Gasteiger partial charge in [-0.3, -0.25) is 9.59 Å². The van der Waals surface area contributed by atoms with Crippen LogP contribution >= 0.6 is 0 Å². The molecule has 8 heteroatoms. The Hall–Kier alpha value is -3.55. The van der Waals surface area contributed by atoms with Crippen LogP contribution in [0.5, 0.6) is 5.75 Å². The largest absolute Gasteiger partial charge is 0.508 e. The molecule has 0 saturated heterocycles. The standard InChI is InChI=1S/C34H47N3O5/c1-22-14-17-25(20-23(22)2)30(31(39)35-26-10-7-6-8-11-26)37(27-12-9-13-27)32(40)29(36-33(41)42-34(3,4)5)21-24-15-18-28(38)19-16-24/h14-20,26-27,29-30,38H,6-13,21H2,1-5H3,(H,35,39)(H,36,41). The van der Waals surface area contributed by atoms with Crippen LogP contribution < -0.4 is 10.6 Å². The van der Waals surface area contributed by atoms with Gasteiger partial charge in [0.25, 0.3) is 0 Å². The highest BCUT2D eigenvalue weighted by Gasteiger charge is 2.42. The number of carbonyl (C=O) groups is 3. The van der Waals surface area contributed by atoms with Crippen LogP contribution in [-0.2, 0) is 20.7 Å². The van der Waals surface area contributed by atoms with Gasteiger partial charge in [0.1, 0.15) is 23.4 Å². The zero-order chi connectivity index (χ0) is 30.4. The highest BCUT2D eigenvalue weighted by molar-refractivity contribution is 5.92. The topological polar surface area (TPSA) is 108 Å². The SMILES string of the molecule is Cc1ccc(C(C(=O)NC2CCCCC2)N(C(=O)C(Cc2ccc(O)cc2)NC(=O)OC(C)(C)C)C2CCC2)cc1C. The molecule has 228 valence electrons. The Labute approximate surface area is 250 Å². The first-order valence-corrected chi connectivity index (χ1v) is 15.4. The van der Waals surface area contributed by atoms with Gasteiger partial charge in [-0.1, -0.05) is 49.6 Å². The number of hydrogen-bond donors (Lipinski definition) is 3. The van der Waals surface area contributed by atoms with Crippen LogP contribution in [0.3, 0.4) is 0 Å². The number of nitrogens with one attached hydrogen (secondary N) is 2. The van der Waals surface area contributed by atoms with Crippen molar-refractivity contribution in [1.29, 1.82) is 0 Å². The normalized spacial score (nSPS) is 17.5. The fraction of sp³-hybridized carbons (Fsp3) is 0.559. The Morgan fingerprint density at radius 3 is 2.17 bits per heavy atom. The Morgan fingerprint density at radius 2 is 1.60 bits per heavy atom. The molecule has 0 aliphatic heterocycles. The first-order valence-electron chi connectivity index (χ1n) is 15.4. The molecule has 0 aromatic heterocycles. The highest BCUT2D eigenvalue weighted by atomic mass is 16.6. The van der Waals surface area contributed by atoms with Crippen LogP contribution in [0.2, 0.25) is 0 Å². The van der Waals surface area contributed by atoms with Crippen molar-refractivity contribution in [1.82, 2.24) is 15.5 Å². The smallest absolute Gasteiger partial charge is 0.408 e. The highest BCUT2D eigenvalue weighted by Crippen LogP contribution is 2.35. The molecule has 2 fully saturated rings. The van der Waals surface area contributed by atoms with E-state index in [1.165, 1.54) is 6.42 Å². The second kappa shape index (κ2) is 13.6. The van der Waals surface area contributed by atoms with Crippen LogP contribution in [0.25, 0.3) is 0 Å². The van der Waals surface area contributed by atoms with E-state index in [2.05, 4.69) is 10.6 Å². The van der Waals surface area contributed by atoms with E-state index in [-0.39, 0.29) is 36.1 Å². The van der Waals surface area contributed by atoms with Gasteiger partial charge in [-0.15, -0.1) is 0 Å². The minimum atomic E-state index is -0.971. The Kier molecular flexibility index (Phi) is 10.2. The van der Waals surface area contributed by atoms with E-state index in [0.717, 1.165) is 67.2 Å². The molecule has 0 bridgehead atoms. The molecule has 0 spiro atoms. The molecular formula is C34H47N3O5. The first kappa shape index (κ1) is 31.4. The van der Waals surface area contributed by atoms with Gasteiger partial charge in [0.2, 0.25) is 11.8 Å². The first-order chi connectivity index (χ1) is 19.9. The molecule has 2 aliphatic carbocycles. The lowest BCUT2D eigenvalue weighted by Gasteiger charge is -2.44. The molecule has 2 saturated carbocycles. The maximum atomic E-state index is 14.6. The molecular weight excluding hydrogens is 530 g/mol. The minimum absolute atomic E-state index is 0.0892. The number of aromatic hydroxyl groups is 1. The van der Waals surface area contributed by atoms with E-state index >= 15 is 0 Å². The molecule has 3 amide bonds. The van der Waals surface area contributed by atoms with E-state index in [4.69, 9.17) is 4.74 Å². The lowest BCUT2D eigenvalue weighted by Crippen LogP contribution is -2.58. The average Bonchev–Trinajstić information content (AvgIpc) is 2.89. The van der Waals surface area contributed by atoms with Crippen molar-refractivity contribution in [3.63, 3.8) is 0 Å². The summed E-state index contributed by atoms with van der Waals surface area (Å²) in [6.07, 6.45) is 7.27. The summed E-state index contributed by atoms with van der Waals surface area (Å²) in [7, 11) is 0. The minimum Gasteiger partial charge on any atom is -0.508 e. The average molecular weight is 578 g/mol. The number of carbonyl (C=O) groups excluding carboxylic acids is 3. The molecule has 2 atom stereocenters. The summed E-state index contributed by atoms with van der Waals surface area (Å²) in [5, 5.41) is 15.9. The molecule has 3 N–H and O–H groups in total. The predicted octanol–water partition coefficient (Wildman–Crippen LogP) is 6.02. The van der Waals surface area contributed by atoms with Crippen LogP contribution in [-0.4, -0.2) is 51.6 Å². The molecule has 4 rings (SSSR count). The van der Waals surface area contributed by atoms with Crippen molar-refractivity contribution in [2.75, 3.05) is 0 Å². The molecule has 0 radical (unpaired) electrons. The summed E-state index contributed by atoms with van der Waals surface area (Å²) < 4.78 is 5.54. The summed E-state index contributed by atoms with van der Waals surface area (Å²) in [4.78, 5) is 43.5. The van der Waals surface area contributed by atoms with Crippen molar-refractivity contribution in [3.05, 3.63) is 64.7 Å². The quantitative estimate of drug-likeness (QED) is 0.338. The van der Waals surface area contributed by atoms with Crippen molar-refractivity contribution < 1.29 is 24.2 Å². The number of phenolic OH excluding ortho intramolecular Hbond substituents is 1. The third-order valence-electron chi connectivity index (χ3n) is 8.41. The van der Waals surface area contributed by atoms with E-state index in [9.17, 15) is 19.5 Å². The van der Waals surface area contributed by atoms with E-state index < -0.39 is 23.8 Å². The number of phenols is 1. The van der Waals surface area contributed by atoms with Gasteiger partial charge >= 0.3 is 6.09 Å². The maximum Gasteiger partial charge on any atom is 0.408 e. The van der Waals surface area contributed by atoms with E-state index in [1.54, 1.807) is 49.9 Å². The van der Waals surface area contributed by atoms with Crippen molar-refractivity contribution in [2.45, 2.75) is 122 Å². The Bertz CT molecular complexity index is 1240. The number of hydrogen-bond acceptors (Lipinski definition) is 5. The molecule has 42 heavy (non-hydrogen) atoms. The lowest BCUT2D eigenvalue weighted by molar-refractivity contribution is -0.147. The van der Waals surface area contributed by atoms with Crippen molar-refractivity contribution >= 4 is 17.9 Å². The third kappa shape index (κ3) is 8.26. The second-order valence-electron chi connectivity index (χ2n) is 13.0. The molecule has 2 aliphatic rings. The molecule has 2 aromatic rings. The van der Waals surface area contributed by atoms with Crippen LogP contribution in [0.15, 0.2) is 42.5 Å². The van der Waals surface area contributed by atoms with Gasteiger partial charge in [0, 0.05) is 18.5 Å². The van der Waals surface area contributed by atoms with Gasteiger partial charge in [-0.05, 0) is 101 Å². The summed E-state index contributed by atoms with van der Waals surface area (Å²) >= 11 is 0. The summed E-state index contributed by atoms with van der Waals surface area (Å²) in [6, 6.07) is 10.7. The maximum absolute atomic E-state index is 14.6. The van der Waals surface area contributed by atoms with Crippen molar-refractivity contribution in [2.24, 2.45) is 0 Å². The fourth-order valence-corrected chi connectivity index (χ4v) is 5.78. The van der Waals surface area contributed by atoms with E-state index in [0.29, 0.717) is 0 Å². The Morgan fingerprint density at radius 1 is 0.929 bits per heavy atom. The molecule has 8 nitrogen and oxygen atoms in total. The number of rotatable bonds is 9. The van der Waals surface area contributed by atoms with Gasteiger partial charge in [-0.2, -0.15) is 0 Å². The summed E-state index contributed by atoms with van der Waals surface area (Å²) in [5.74, 6) is -0.376. The second-order valence-corrected chi connectivity index (χ2v) is 13.0. The van der Waals surface area contributed by atoms with Gasteiger partial charge in [0.15, 0.2) is 0 Å². The monoisotopic (exact) mass is 577 g/mol. The zero-order valence-corrected chi connectivity index (χ0v) is 25.7. The molecule has 2 unspecified atom stereocenters. The third-order valence-corrected chi connectivity index (χ3v) is 8.41. The van der Waals surface area contributed by atoms with Gasteiger partial charge < -0.3 is 25.4 Å². The summed E-state index contributed by atoms with van der Waals surface area (Å²) in [5.41, 5.74) is 2.96. The number of alkyl carbamates (subject to hydrolysis) is 1. The number of benzene rings is 2. The number of nitrogens with zero attached hydrogens (tertiary/aromatic N) is 1. The molecule has 2 aromatic carbocycles. The van der Waals surface area contributed by atoms with Gasteiger partial charge in [-0.25, -0.2) is 4.79 Å². The Balaban J connectivity index is 1.72.